The van der Waals surface area contributed by atoms with Gasteiger partial charge < -0.3 is 20.5 Å². The maximum Gasteiger partial charge on any atom is 0.343 e. The summed E-state index contributed by atoms with van der Waals surface area (Å²) in [4.78, 5) is 37.2. The second-order valence-corrected chi connectivity index (χ2v) is 8.18. The first-order valence-electron chi connectivity index (χ1n) is 11.0. The first-order valence-corrected chi connectivity index (χ1v) is 11.0. The number of amidine groups is 1. The van der Waals surface area contributed by atoms with Crippen molar-refractivity contribution >= 4 is 29.8 Å². The third-order valence-corrected chi connectivity index (χ3v) is 4.85. The number of hydrogen-bond donors (Lipinski definition) is 3. The van der Waals surface area contributed by atoms with Crippen molar-refractivity contribution in [3.8, 4) is 5.75 Å². The summed E-state index contributed by atoms with van der Waals surface area (Å²) in [6.07, 6.45) is 2.15. The number of benzene rings is 2. The zero-order chi connectivity index (χ0) is 25.3. The first-order chi connectivity index (χ1) is 16.1. The summed E-state index contributed by atoms with van der Waals surface area (Å²) in [6.45, 7) is 7.56. The van der Waals surface area contributed by atoms with Gasteiger partial charge in [-0.25, -0.2) is 9.59 Å². The van der Waals surface area contributed by atoms with E-state index in [0.717, 1.165) is 0 Å². The molecule has 0 heterocycles. The molecule has 0 spiro atoms. The van der Waals surface area contributed by atoms with E-state index in [4.69, 9.17) is 20.6 Å². The van der Waals surface area contributed by atoms with Gasteiger partial charge in [-0.1, -0.05) is 26.0 Å². The number of esters is 2. The quantitative estimate of drug-likeness (QED) is 0.161. The Bertz CT molecular complexity index is 1060. The van der Waals surface area contributed by atoms with Crippen LogP contribution in [0.3, 0.4) is 0 Å². The maximum absolute atomic E-state index is 12.6. The summed E-state index contributed by atoms with van der Waals surface area (Å²) in [7, 11) is 0. The number of ether oxygens (including phenoxy) is 2. The average Bonchev–Trinajstić information content (AvgIpc) is 2.79. The fourth-order valence-electron chi connectivity index (χ4n) is 3.10. The molecule has 8 heteroatoms. The predicted molar refractivity (Wildman–Crippen MR) is 131 cm³/mol. The Morgan fingerprint density at radius 2 is 1.62 bits per heavy atom. The molecule has 180 valence electrons. The third-order valence-electron chi connectivity index (χ3n) is 4.85. The zero-order valence-electron chi connectivity index (χ0n) is 19.9. The zero-order valence-corrected chi connectivity index (χ0v) is 19.9. The van der Waals surface area contributed by atoms with Crippen LogP contribution in [-0.2, 0) is 14.3 Å². The number of amides is 1. The monoisotopic (exact) mass is 465 g/mol. The van der Waals surface area contributed by atoms with E-state index >= 15 is 0 Å². The lowest BCUT2D eigenvalue weighted by Gasteiger charge is -2.19. The Morgan fingerprint density at radius 3 is 2.15 bits per heavy atom. The normalized spacial score (nSPS) is 12.1. The number of nitrogens with two attached hydrogens (primary N) is 1. The van der Waals surface area contributed by atoms with Crippen LogP contribution in [0, 0.1) is 11.3 Å². The second-order valence-electron chi connectivity index (χ2n) is 8.18. The summed E-state index contributed by atoms with van der Waals surface area (Å²) in [5, 5.41) is 10.1. The molecule has 0 bridgehead atoms. The van der Waals surface area contributed by atoms with E-state index in [-0.39, 0.29) is 24.3 Å². The van der Waals surface area contributed by atoms with Crippen LogP contribution in [0.2, 0.25) is 0 Å². The molecule has 1 atom stereocenters. The van der Waals surface area contributed by atoms with Gasteiger partial charge in [0.15, 0.2) is 0 Å². The van der Waals surface area contributed by atoms with Gasteiger partial charge in [-0.3, -0.25) is 10.2 Å². The van der Waals surface area contributed by atoms with Crippen molar-refractivity contribution in [2.45, 2.75) is 40.2 Å². The lowest BCUT2D eigenvalue weighted by atomic mass is 10.0. The van der Waals surface area contributed by atoms with Crippen LogP contribution in [0.25, 0.3) is 6.08 Å². The van der Waals surface area contributed by atoms with E-state index in [2.05, 4.69) is 5.32 Å². The smallest absolute Gasteiger partial charge is 0.343 e. The molecule has 34 heavy (non-hydrogen) atoms. The Labute approximate surface area is 199 Å². The first kappa shape index (κ1) is 26.3. The van der Waals surface area contributed by atoms with Crippen LogP contribution in [0.15, 0.2) is 54.1 Å². The number of carbonyl (C=O) groups is 3. The largest absolute Gasteiger partial charge is 0.464 e. The number of nitrogens with one attached hydrogen (secondary N) is 2. The molecule has 2 rings (SSSR count). The summed E-state index contributed by atoms with van der Waals surface area (Å²) >= 11 is 0. The molecule has 0 fully saturated rings. The minimum atomic E-state index is -0.711. The molecule has 0 saturated carbocycles. The van der Waals surface area contributed by atoms with Gasteiger partial charge in [0.2, 0.25) is 5.91 Å². The molecule has 8 nitrogen and oxygen atoms in total. The van der Waals surface area contributed by atoms with Crippen molar-refractivity contribution in [2.24, 2.45) is 11.7 Å². The molecule has 0 unspecified atom stereocenters. The Morgan fingerprint density at radius 1 is 1.03 bits per heavy atom. The minimum absolute atomic E-state index is 0.0678. The van der Waals surface area contributed by atoms with Crippen molar-refractivity contribution in [1.82, 2.24) is 5.32 Å². The molecule has 2 aromatic carbocycles. The summed E-state index contributed by atoms with van der Waals surface area (Å²) in [6, 6.07) is 12.2. The van der Waals surface area contributed by atoms with Crippen molar-refractivity contribution in [2.75, 3.05) is 6.61 Å². The fraction of sp³-hybridized carbons (Fsp3) is 0.308. The van der Waals surface area contributed by atoms with Crippen LogP contribution >= 0.6 is 0 Å². The van der Waals surface area contributed by atoms with E-state index < -0.39 is 18.0 Å². The molecule has 1 amide bonds. The Balaban J connectivity index is 2.04. The summed E-state index contributed by atoms with van der Waals surface area (Å²) in [5.74, 6) is -0.872. The van der Waals surface area contributed by atoms with E-state index in [0.29, 0.717) is 34.4 Å². The van der Waals surface area contributed by atoms with Crippen LogP contribution in [0.4, 0.5) is 0 Å². The van der Waals surface area contributed by atoms with Crippen molar-refractivity contribution in [3.05, 3.63) is 70.8 Å². The van der Waals surface area contributed by atoms with Gasteiger partial charge >= 0.3 is 11.9 Å². The summed E-state index contributed by atoms with van der Waals surface area (Å²) < 4.78 is 10.4. The molecule has 0 aliphatic heterocycles. The standard InChI is InChI=1S/C26H31N3O5/c1-5-33-26(32)22(14-16(2)3)29-24(30)17(4)15-18-6-8-20(9-7-18)25(31)34-21-12-10-19(11-13-21)23(27)28/h6-13,15-16,22H,5,14H2,1-4H3,(H3,27,28)(H,29,30)/t22-/m0/s1. The van der Waals surface area contributed by atoms with Gasteiger partial charge in [0.05, 0.1) is 12.2 Å². The van der Waals surface area contributed by atoms with Crippen LogP contribution in [0.5, 0.6) is 5.75 Å². The highest BCUT2D eigenvalue weighted by Crippen LogP contribution is 2.16. The van der Waals surface area contributed by atoms with Crippen molar-refractivity contribution in [3.63, 3.8) is 0 Å². The molecule has 2 aromatic rings. The lowest BCUT2D eigenvalue weighted by molar-refractivity contribution is -0.147. The van der Waals surface area contributed by atoms with Crippen molar-refractivity contribution in [1.29, 1.82) is 5.41 Å². The fourth-order valence-corrected chi connectivity index (χ4v) is 3.10. The highest BCUT2D eigenvalue weighted by Gasteiger charge is 2.23. The average molecular weight is 466 g/mol. The van der Waals surface area contributed by atoms with E-state index in [1.54, 1.807) is 68.5 Å². The van der Waals surface area contributed by atoms with E-state index in [1.807, 2.05) is 13.8 Å². The summed E-state index contributed by atoms with van der Waals surface area (Å²) in [5.41, 5.74) is 7.42. The van der Waals surface area contributed by atoms with Gasteiger partial charge in [0, 0.05) is 11.1 Å². The molecular formula is C26H31N3O5. The van der Waals surface area contributed by atoms with E-state index in [1.165, 1.54) is 0 Å². The van der Waals surface area contributed by atoms with Gasteiger partial charge in [0.1, 0.15) is 17.6 Å². The number of hydrogen-bond acceptors (Lipinski definition) is 6. The Kier molecular flexibility index (Phi) is 9.55. The molecule has 0 radical (unpaired) electrons. The van der Waals surface area contributed by atoms with Crippen LogP contribution in [-0.4, -0.2) is 36.3 Å². The van der Waals surface area contributed by atoms with Crippen LogP contribution < -0.4 is 15.8 Å². The number of rotatable bonds is 10. The molecule has 0 aliphatic rings. The topological polar surface area (TPSA) is 132 Å². The highest BCUT2D eigenvalue weighted by molar-refractivity contribution is 5.99. The van der Waals surface area contributed by atoms with Gasteiger partial charge in [0.25, 0.3) is 0 Å². The van der Waals surface area contributed by atoms with E-state index in [9.17, 15) is 14.4 Å². The van der Waals surface area contributed by atoms with Gasteiger partial charge in [-0.2, -0.15) is 0 Å². The van der Waals surface area contributed by atoms with Gasteiger partial charge in [-0.15, -0.1) is 0 Å². The van der Waals surface area contributed by atoms with Crippen LogP contribution in [0.1, 0.15) is 55.6 Å². The predicted octanol–water partition coefficient (Wildman–Crippen LogP) is 3.69. The third kappa shape index (κ3) is 7.88. The minimum Gasteiger partial charge on any atom is -0.464 e. The molecule has 0 aliphatic carbocycles. The second kappa shape index (κ2) is 12.3. The molecular weight excluding hydrogens is 434 g/mol. The lowest BCUT2D eigenvalue weighted by Crippen LogP contribution is -2.43. The molecule has 4 N–H and O–H groups in total. The number of nitrogen functional groups attached to an aromatic ring is 1. The maximum atomic E-state index is 12.6. The highest BCUT2D eigenvalue weighted by atomic mass is 16.5. The SMILES string of the molecule is CCOC(=O)[C@H](CC(C)C)NC(=O)C(C)=Cc1ccc(C(=O)Oc2ccc(C(=N)N)cc2)cc1. The molecule has 0 aromatic heterocycles. The Hall–Kier alpha value is -3.94. The molecule has 0 saturated heterocycles. The van der Waals surface area contributed by atoms with Gasteiger partial charge in [-0.05, 0) is 74.2 Å². The number of carbonyl (C=O) groups excluding carboxylic acids is 3. The van der Waals surface area contributed by atoms with Crippen molar-refractivity contribution < 1.29 is 23.9 Å².